The van der Waals surface area contributed by atoms with Gasteiger partial charge in [0.25, 0.3) is 0 Å². The number of cyclic esters (lactones) is 1. The van der Waals surface area contributed by atoms with E-state index in [9.17, 15) is 9.59 Å². The molecule has 1 aliphatic rings. The number of nitrogens with one attached hydrogen (secondary N) is 2. The second kappa shape index (κ2) is 18.2. The molecule has 11 heteroatoms. The zero-order valence-electron chi connectivity index (χ0n) is 29.7. The molecule has 2 heterocycles. The molecule has 0 unspecified atom stereocenters. The first-order chi connectivity index (χ1) is 22.9. The lowest BCUT2D eigenvalue weighted by molar-refractivity contribution is -0.173. The lowest BCUT2D eigenvalue weighted by Crippen LogP contribution is -2.65. The Hall–Kier alpha value is -3.62. The van der Waals surface area contributed by atoms with Crippen molar-refractivity contribution in [3.05, 3.63) is 43.1 Å². The number of nitrogens with zero attached hydrogens (tertiary/aromatic N) is 3. The summed E-state index contributed by atoms with van der Waals surface area (Å²) < 4.78 is 14.0. The Kier molecular flexibility index (Phi) is 14.7. The summed E-state index contributed by atoms with van der Waals surface area (Å²) in [7, 11) is 6.68. The van der Waals surface area contributed by atoms with Gasteiger partial charge in [-0.15, -0.1) is 11.7 Å². The number of nitrogen functional groups attached to an aromatic ring is 1. The number of esters is 1. The average molecular weight is 659 g/mol. The van der Waals surface area contributed by atoms with Crippen molar-refractivity contribution in [1.82, 2.24) is 25.6 Å². The molecule has 2 aromatic rings. The average Bonchev–Trinajstić information content (AvgIpc) is 3.54. The summed E-state index contributed by atoms with van der Waals surface area (Å²) in [5.41, 5.74) is 7.20. The van der Waals surface area contributed by atoms with Crippen molar-refractivity contribution in [3.63, 3.8) is 0 Å². The molecule has 0 amide bonds. The van der Waals surface area contributed by atoms with Crippen LogP contribution in [0.3, 0.4) is 0 Å². The summed E-state index contributed by atoms with van der Waals surface area (Å²) in [5, 5.41) is 16.0. The molecule has 4 N–H and O–H groups in total. The maximum absolute atomic E-state index is 13.5. The van der Waals surface area contributed by atoms with E-state index in [2.05, 4.69) is 47.5 Å². The maximum Gasteiger partial charge on any atom is 0.316 e. The first-order valence-corrected chi connectivity index (χ1v) is 17.3. The fourth-order valence-electron chi connectivity index (χ4n) is 6.91. The van der Waals surface area contributed by atoms with Crippen molar-refractivity contribution in [1.29, 1.82) is 0 Å². The van der Waals surface area contributed by atoms with E-state index >= 15 is 0 Å². The van der Waals surface area contributed by atoms with E-state index < -0.39 is 35.3 Å². The van der Waals surface area contributed by atoms with Crippen LogP contribution >= 0.6 is 0 Å². The monoisotopic (exact) mass is 658 g/mol. The number of ether oxygens (including phenoxy) is 2. The van der Waals surface area contributed by atoms with Gasteiger partial charge in [0.15, 0.2) is 5.60 Å². The lowest BCUT2D eigenvalue weighted by atomic mass is 9.63. The molecule has 0 aliphatic carbocycles. The molecule has 9 atom stereocenters. The van der Waals surface area contributed by atoms with Crippen molar-refractivity contribution in [3.8, 4) is 23.8 Å². The van der Waals surface area contributed by atoms with E-state index in [1.54, 1.807) is 13.8 Å². The molecule has 3 rings (SSSR count). The number of hydrogen-bond donors (Lipinski definition) is 3. The molecule has 0 bridgehead atoms. The molecular formula is C37H55BN6O4. The number of allylic oxidation sites excluding steroid dienone is 1. The van der Waals surface area contributed by atoms with Crippen LogP contribution in [-0.2, 0) is 25.6 Å². The van der Waals surface area contributed by atoms with Crippen LogP contribution in [-0.4, -0.2) is 71.5 Å². The van der Waals surface area contributed by atoms with E-state index in [1.807, 2.05) is 55.1 Å². The van der Waals surface area contributed by atoms with Gasteiger partial charge in [-0.05, 0) is 89.9 Å². The number of anilines is 1. The highest BCUT2D eigenvalue weighted by Crippen LogP contribution is 2.35. The van der Waals surface area contributed by atoms with Gasteiger partial charge >= 0.3 is 5.97 Å². The van der Waals surface area contributed by atoms with E-state index in [0.717, 1.165) is 30.5 Å². The second-order valence-electron chi connectivity index (χ2n) is 13.7. The summed E-state index contributed by atoms with van der Waals surface area (Å²) in [4.78, 5) is 27.0. The van der Waals surface area contributed by atoms with Crippen molar-refractivity contribution < 1.29 is 19.1 Å². The highest BCUT2D eigenvalue weighted by atomic mass is 16.6. The molecule has 1 saturated heterocycles. The molecule has 2 radical (unpaired) electrons. The largest absolute Gasteiger partial charge is 0.457 e. The molecule has 1 aromatic carbocycles. The number of carbonyl (C=O) groups is 2. The van der Waals surface area contributed by atoms with Gasteiger partial charge in [0.05, 0.1) is 20.1 Å². The molecule has 48 heavy (non-hydrogen) atoms. The molecule has 1 aliphatic heterocycles. The molecule has 1 aromatic heterocycles. The van der Waals surface area contributed by atoms with Crippen LogP contribution in [0.25, 0.3) is 11.3 Å². The van der Waals surface area contributed by atoms with Gasteiger partial charge < -0.3 is 25.8 Å². The van der Waals surface area contributed by atoms with E-state index in [1.165, 1.54) is 0 Å². The number of Topliss-reactive ketones (excluding diaryl/α,β-unsaturated/α-hetero) is 1. The number of aryl methyl sites for hydroxylation is 1. The molecular weight excluding hydrogens is 603 g/mol. The standard InChI is InChI=1S/C37H55BN6O4/c1-9-15-29-20-24(4)22-41-27(7)35(40-18-12-13-19-44-23-31(42-43-44)28-16-14-17-30(39)21-28)37(8,47-11-3)32(10-2)48-36(46)26(6)34(45)25(5)33(29)38/h3,9,14,16-17,21,23-27,29,32-33,35,40-41H,1,10,12-13,15,18-20,22,39H2,2,4-8H3/t24-,25-,26-,27-,29+,32-,33-,35-,37-/m1/s1. The Morgan fingerprint density at radius 2 is 2.04 bits per heavy atom. The predicted molar refractivity (Wildman–Crippen MR) is 192 cm³/mol. The third-order valence-electron chi connectivity index (χ3n) is 9.88. The zero-order valence-corrected chi connectivity index (χ0v) is 29.7. The minimum Gasteiger partial charge on any atom is -0.457 e. The number of ketones is 1. The van der Waals surface area contributed by atoms with Crippen LogP contribution in [0.1, 0.15) is 73.6 Å². The Bertz CT molecular complexity index is 1390. The number of unbranched alkanes of at least 4 members (excludes halogenated alkanes) is 1. The lowest BCUT2D eigenvalue weighted by Gasteiger charge is -2.44. The van der Waals surface area contributed by atoms with Gasteiger partial charge in [-0.3, -0.25) is 14.3 Å². The SMILES string of the molecule is [B][C@H]1[C@@H](CC=C)C[C@@H](C)CN[C@H](C)[C@@H](NCCCCn2cc(-c3cccc(N)c3)nn2)[C@](C)(OC#C)[C@@H](CC)OC(=O)[C@H](C)C(=O)[C@@H]1C. The number of benzene rings is 1. The van der Waals surface area contributed by atoms with Crippen LogP contribution in [0.5, 0.6) is 0 Å². The Morgan fingerprint density at radius 3 is 2.71 bits per heavy atom. The van der Waals surface area contributed by atoms with Crippen molar-refractivity contribution in [2.45, 2.75) is 110 Å². The fourth-order valence-corrected chi connectivity index (χ4v) is 6.91. The summed E-state index contributed by atoms with van der Waals surface area (Å²) in [5.74, 6) is -2.46. The number of rotatable bonds is 11. The van der Waals surface area contributed by atoms with Crippen LogP contribution in [0.15, 0.2) is 43.1 Å². The quantitative estimate of drug-likeness (QED) is 0.0583. The van der Waals surface area contributed by atoms with Gasteiger partial charge in [-0.2, -0.15) is 0 Å². The Balaban J connectivity index is 1.80. The van der Waals surface area contributed by atoms with Gasteiger partial charge in [0, 0.05) is 29.8 Å². The topological polar surface area (TPSA) is 133 Å². The molecule has 1 fully saturated rings. The summed E-state index contributed by atoms with van der Waals surface area (Å²) in [6.07, 6.45) is 14.8. The Morgan fingerprint density at radius 1 is 1.29 bits per heavy atom. The fraction of sp³-hybridized carbons (Fsp3) is 0.622. The number of hydrogen-bond acceptors (Lipinski definition) is 9. The normalized spacial score (nSPS) is 30.8. The minimum atomic E-state index is -1.11. The van der Waals surface area contributed by atoms with E-state index in [0.29, 0.717) is 38.2 Å². The molecule has 260 valence electrons. The Labute approximate surface area is 288 Å². The third-order valence-corrected chi connectivity index (χ3v) is 9.88. The van der Waals surface area contributed by atoms with Crippen molar-refractivity contribution in [2.75, 3.05) is 18.8 Å². The van der Waals surface area contributed by atoms with E-state index in [4.69, 9.17) is 29.5 Å². The highest BCUT2D eigenvalue weighted by Gasteiger charge is 2.48. The summed E-state index contributed by atoms with van der Waals surface area (Å²) >= 11 is 0. The third kappa shape index (κ3) is 9.96. The maximum atomic E-state index is 13.5. The number of carbonyl (C=O) groups excluding carboxylic acids is 2. The van der Waals surface area contributed by atoms with Crippen LogP contribution in [0.4, 0.5) is 5.69 Å². The number of nitrogens with two attached hydrogens (primary N) is 1. The number of aromatic nitrogens is 3. The van der Waals surface area contributed by atoms with Gasteiger partial charge in [-0.25, -0.2) is 0 Å². The van der Waals surface area contributed by atoms with Gasteiger partial charge in [0.2, 0.25) is 0 Å². The highest BCUT2D eigenvalue weighted by molar-refractivity contribution is 6.15. The predicted octanol–water partition coefficient (Wildman–Crippen LogP) is 4.96. The van der Waals surface area contributed by atoms with Crippen molar-refractivity contribution >= 4 is 25.3 Å². The zero-order chi connectivity index (χ0) is 35.4. The number of terminal acetylenes is 1. The van der Waals surface area contributed by atoms with E-state index in [-0.39, 0.29) is 29.7 Å². The van der Waals surface area contributed by atoms with Gasteiger partial charge in [-0.1, -0.05) is 56.4 Å². The smallest absolute Gasteiger partial charge is 0.316 e. The summed E-state index contributed by atoms with van der Waals surface area (Å²) in [6, 6.07) is 7.11. The minimum absolute atomic E-state index is 0.0427. The van der Waals surface area contributed by atoms with Crippen LogP contribution in [0, 0.1) is 36.2 Å². The molecule has 10 nitrogen and oxygen atoms in total. The second-order valence-corrected chi connectivity index (χ2v) is 13.7. The van der Waals surface area contributed by atoms with Gasteiger partial charge in [0.1, 0.15) is 29.6 Å². The van der Waals surface area contributed by atoms with Crippen LogP contribution in [0.2, 0.25) is 5.82 Å². The van der Waals surface area contributed by atoms with Crippen molar-refractivity contribution in [2.24, 2.45) is 23.7 Å². The first-order valence-electron chi connectivity index (χ1n) is 17.3. The summed E-state index contributed by atoms with van der Waals surface area (Å²) in [6.45, 7) is 17.4. The van der Waals surface area contributed by atoms with Crippen LogP contribution < -0.4 is 16.4 Å². The molecule has 0 saturated carbocycles. The molecule has 0 spiro atoms. The first kappa shape index (κ1) is 38.8.